The van der Waals surface area contributed by atoms with E-state index in [1.54, 1.807) is 30.0 Å². The van der Waals surface area contributed by atoms with E-state index in [-0.39, 0.29) is 11.8 Å². The summed E-state index contributed by atoms with van der Waals surface area (Å²) in [5, 5.41) is 5.75. The van der Waals surface area contributed by atoms with Crippen molar-refractivity contribution in [3.05, 3.63) is 65.2 Å². The number of nitrogens with one attached hydrogen (secondary N) is 2. The molecule has 0 heterocycles. The van der Waals surface area contributed by atoms with Crippen molar-refractivity contribution < 1.29 is 9.59 Å². The predicted octanol–water partition coefficient (Wildman–Crippen LogP) is 4.25. The van der Waals surface area contributed by atoms with Gasteiger partial charge in [-0.05, 0) is 36.1 Å². The van der Waals surface area contributed by atoms with Crippen molar-refractivity contribution in [1.82, 2.24) is 5.32 Å². The van der Waals surface area contributed by atoms with E-state index in [4.69, 9.17) is 0 Å². The lowest BCUT2D eigenvalue weighted by atomic mass is 10.1. The normalized spacial score (nSPS) is 10.6. The molecule has 0 aliphatic carbocycles. The molecule has 0 aromatic heterocycles. The molecule has 2 N–H and O–H groups in total. The number of amides is 2. The van der Waals surface area contributed by atoms with Crippen LogP contribution in [-0.2, 0) is 10.5 Å². The third-order valence-corrected chi connectivity index (χ3v) is 4.85. The minimum Gasteiger partial charge on any atom is -0.352 e. The van der Waals surface area contributed by atoms with Crippen LogP contribution in [0.2, 0.25) is 0 Å². The fourth-order valence-corrected chi connectivity index (χ4v) is 3.30. The molecule has 5 heteroatoms. The van der Waals surface area contributed by atoms with E-state index in [2.05, 4.69) is 29.7 Å². The van der Waals surface area contributed by atoms with Crippen LogP contribution in [0.25, 0.3) is 0 Å². The number of anilines is 1. The number of hydrogen-bond acceptors (Lipinski definition) is 3. The second-order valence-electron chi connectivity index (χ2n) is 6.62. The van der Waals surface area contributed by atoms with Gasteiger partial charge in [-0.25, -0.2) is 0 Å². The minimum absolute atomic E-state index is 0.104. The molecule has 0 unspecified atom stereocenters. The highest BCUT2D eigenvalue weighted by Crippen LogP contribution is 2.18. The van der Waals surface area contributed by atoms with Crippen LogP contribution in [0, 0.1) is 12.8 Å². The summed E-state index contributed by atoms with van der Waals surface area (Å²) in [5.41, 5.74) is 3.51. The van der Waals surface area contributed by atoms with Crippen LogP contribution in [0.4, 0.5) is 5.69 Å². The fourth-order valence-electron chi connectivity index (χ4n) is 2.39. The zero-order valence-electron chi connectivity index (χ0n) is 15.5. The van der Waals surface area contributed by atoms with Crippen LogP contribution in [0.15, 0.2) is 48.5 Å². The second-order valence-corrected chi connectivity index (χ2v) is 7.60. The smallest absolute Gasteiger partial charge is 0.253 e. The first-order valence-electron chi connectivity index (χ1n) is 8.76. The summed E-state index contributed by atoms with van der Waals surface area (Å²) in [6.07, 6.45) is 0. The average molecular weight is 371 g/mol. The maximum absolute atomic E-state index is 12.3. The molecular weight excluding hydrogens is 344 g/mol. The van der Waals surface area contributed by atoms with Gasteiger partial charge in [-0.2, -0.15) is 0 Å². The molecule has 0 radical (unpaired) electrons. The fraction of sp³-hybridized carbons (Fsp3) is 0.333. The molecular formula is C21H26N2O2S. The highest BCUT2D eigenvalue weighted by atomic mass is 32.2. The van der Waals surface area contributed by atoms with Crippen LogP contribution in [-0.4, -0.2) is 24.1 Å². The van der Waals surface area contributed by atoms with Crippen molar-refractivity contribution in [3.8, 4) is 0 Å². The first kappa shape index (κ1) is 20.0. The second kappa shape index (κ2) is 10.0. The van der Waals surface area contributed by atoms with E-state index in [0.717, 1.165) is 5.75 Å². The van der Waals surface area contributed by atoms with Gasteiger partial charge in [0.1, 0.15) is 0 Å². The lowest BCUT2D eigenvalue weighted by Crippen LogP contribution is -2.28. The zero-order chi connectivity index (χ0) is 18.9. The van der Waals surface area contributed by atoms with E-state index in [1.807, 2.05) is 32.0 Å². The first-order chi connectivity index (χ1) is 12.5. The molecule has 2 amide bonds. The molecule has 26 heavy (non-hydrogen) atoms. The monoisotopic (exact) mass is 370 g/mol. The Kier molecular flexibility index (Phi) is 7.73. The van der Waals surface area contributed by atoms with Crippen molar-refractivity contribution in [1.29, 1.82) is 0 Å². The number of benzene rings is 2. The van der Waals surface area contributed by atoms with Crippen LogP contribution in [0.1, 0.15) is 35.3 Å². The molecule has 0 saturated heterocycles. The van der Waals surface area contributed by atoms with Crippen molar-refractivity contribution in [2.24, 2.45) is 5.92 Å². The Labute approximate surface area is 159 Å². The quantitative estimate of drug-likeness (QED) is 0.730. The maximum atomic E-state index is 12.3. The molecule has 0 bridgehead atoms. The van der Waals surface area contributed by atoms with Gasteiger partial charge in [-0.15, -0.1) is 11.8 Å². The zero-order valence-corrected chi connectivity index (χ0v) is 16.4. The maximum Gasteiger partial charge on any atom is 0.253 e. The molecule has 0 atom stereocenters. The molecule has 2 aromatic carbocycles. The van der Waals surface area contributed by atoms with Gasteiger partial charge >= 0.3 is 0 Å². The number of hydrogen-bond donors (Lipinski definition) is 2. The molecule has 0 spiro atoms. The van der Waals surface area contributed by atoms with Crippen LogP contribution >= 0.6 is 11.8 Å². The summed E-state index contributed by atoms with van der Waals surface area (Å²) < 4.78 is 0. The van der Waals surface area contributed by atoms with Gasteiger partial charge in [0.2, 0.25) is 5.91 Å². The van der Waals surface area contributed by atoms with E-state index >= 15 is 0 Å². The lowest BCUT2D eigenvalue weighted by Gasteiger charge is -2.12. The van der Waals surface area contributed by atoms with Gasteiger partial charge in [0.25, 0.3) is 5.91 Å². The molecule has 138 valence electrons. The number of para-hydroxylation sites is 1. The summed E-state index contributed by atoms with van der Waals surface area (Å²) in [6.45, 7) is 6.76. The van der Waals surface area contributed by atoms with E-state index < -0.39 is 0 Å². The van der Waals surface area contributed by atoms with Crippen molar-refractivity contribution in [2.75, 3.05) is 17.6 Å². The molecule has 0 aliphatic rings. The predicted molar refractivity (Wildman–Crippen MR) is 110 cm³/mol. The van der Waals surface area contributed by atoms with E-state index in [9.17, 15) is 9.59 Å². The third-order valence-electron chi connectivity index (χ3n) is 3.87. The van der Waals surface area contributed by atoms with Crippen molar-refractivity contribution in [3.63, 3.8) is 0 Å². The average Bonchev–Trinajstić information content (AvgIpc) is 2.61. The first-order valence-corrected chi connectivity index (χ1v) is 9.92. The molecule has 2 aromatic rings. The van der Waals surface area contributed by atoms with E-state index in [0.29, 0.717) is 29.5 Å². The number of aryl methyl sites for hydroxylation is 1. The number of carbonyl (C=O) groups excluding carboxylic acids is 2. The van der Waals surface area contributed by atoms with Gasteiger partial charge in [0.05, 0.1) is 17.0 Å². The number of rotatable bonds is 8. The summed E-state index contributed by atoms with van der Waals surface area (Å²) in [5.74, 6) is 1.24. The summed E-state index contributed by atoms with van der Waals surface area (Å²) >= 11 is 1.56. The molecule has 0 saturated carbocycles. The number of thioether (sulfide) groups is 1. The van der Waals surface area contributed by atoms with Crippen molar-refractivity contribution in [2.45, 2.75) is 26.5 Å². The Morgan fingerprint density at radius 3 is 2.46 bits per heavy atom. The SMILES string of the molecule is Cc1ccccc1CSCC(=O)Nc1ccccc1C(=O)NCC(C)C. The Hall–Kier alpha value is -2.27. The van der Waals surface area contributed by atoms with Gasteiger partial charge in [-0.3, -0.25) is 9.59 Å². The van der Waals surface area contributed by atoms with Crippen LogP contribution in [0.5, 0.6) is 0 Å². The summed E-state index contributed by atoms with van der Waals surface area (Å²) in [6, 6.07) is 15.3. The topological polar surface area (TPSA) is 58.2 Å². The summed E-state index contributed by atoms with van der Waals surface area (Å²) in [4.78, 5) is 24.6. The Morgan fingerprint density at radius 1 is 1.04 bits per heavy atom. The van der Waals surface area contributed by atoms with Gasteiger partial charge in [0, 0.05) is 12.3 Å². The van der Waals surface area contributed by atoms with Crippen molar-refractivity contribution >= 4 is 29.3 Å². The Balaban J connectivity index is 1.90. The Morgan fingerprint density at radius 2 is 1.73 bits per heavy atom. The minimum atomic E-state index is -0.165. The van der Waals surface area contributed by atoms with Crippen LogP contribution < -0.4 is 10.6 Å². The summed E-state index contributed by atoms with van der Waals surface area (Å²) in [7, 11) is 0. The largest absolute Gasteiger partial charge is 0.352 e. The molecule has 2 rings (SSSR count). The highest BCUT2D eigenvalue weighted by molar-refractivity contribution is 7.99. The van der Waals surface area contributed by atoms with E-state index in [1.165, 1.54) is 11.1 Å². The third kappa shape index (κ3) is 6.23. The molecule has 4 nitrogen and oxygen atoms in total. The van der Waals surface area contributed by atoms with Gasteiger partial charge < -0.3 is 10.6 Å². The van der Waals surface area contributed by atoms with Crippen LogP contribution in [0.3, 0.4) is 0 Å². The standard InChI is InChI=1S/C21H26N2O2S/c1-15(2)12-22-21(25)18-10-6-7-11-19(18)23-20(24)14-26-13-17-9-5-4-8-16(17)3/h4-11,15H,12-14H2,1-3H3,(H,22,25)(H,23,24). The molecule has 0 fully saturated rings. The molecule has 0 aliphatic heterocycles. The lowest BCUT2D eigenvalue weighted by molar-refractivity contribution is -0.113. The Bertz CT molecular complexity index is 759. The number of carbonyl (C=O) groups is 2. The highest BCUT2D eigenvalue weighted by Gasteiger charge is 2.13. The van der Waals surface area contributed by atoms with Gasteiger partial charge in [-0.1, -0.05) is 50.2 Å². The van der Waals surface area contributed by atoms with Gasteiger partial charge in [0.15, 0.2) is 0 Å².